The second-order valence-electron chi connectivity index (χ2n) is 2.44. The van der Waals surface area contributed by atoms with Crippen LogP contribution in [0.2, 0.25) is 10.0 Å². The molecule has 3 nitrogen and oxygen atoms in total. The van der Waals surface area contributed by atoms with E-state index in [0.29, 0.717) is 5.02 Å². The van der Waals surface area contributed by atoms with Crippen LogP contribution in [0.4, 0.5) is 0 Å². The van der Waals surface area contributed by atoms with Gasteiger partial charge in [0, 0.05) is 6.42 Å². The van der Waals surface area contributed by atoms with Gasteiger partial charge in [-0.25, -0.2) is 4.79 Å². The molecule has 0 bridgehead atoms. The van der Waals surface area contributed by atoms with E-state index in [2.05, 4.69) is 4.89 Å². The molecule has 0 saturated heterocycles. The van der Waals surface area contributed by atoms with Gasteiger partial charge in [-0.05, 0) is 12.1 Å². The highest BCUT2D eigenvalue weighted by Crippen LogP contribution is 2.31. The standard InChI is InChI=1S/C9H8Cl2O3/c1-2-8(12)14-13-7-5-3-4-6(10)9(7)11/h3-5H,2H2,1H3. The minimum Gasteiger partial charge on any atom is -0.285 e. The maximum absolute atomic E-state index is 10.8. The molecule has 0 aliphatic carbocycles. The van der Waals surface area contributed by atoms with E-state index in [9.17, 15) is 4.79 Å². The zero-order chi connectivity index (χ0) is 10.6. The Labute approximate surface area is 91.5 Å². The summed E-state index contributed by atoms with van der Waals surface area (Å²) in [7, 11) is 0. The highest BCUT2D eigenvalue weighted by molar-refractivity contribution is 6.42. The first kappa shape index (κ1) is 11.1. The lowest BCUT2D eigenvalue weighted by Gasteiger charge is -2.05. The van der Waals surface area contributed by atoms with Crippen molar-refractivity contribution in [2.45, 2.75) is 13.3 Å². The molecule has 0 heterocycles. The van der Waals surface area contributed by atoms with Crippen molar-refractivity contribution in [3.63, 3.8) is 0 Å². The van der Waals surface area contributed by atoms with Crippen molar-refractivity contribution in [2.75, 3.05) is 0 Å². The molecule has 1 aromatic rings. The molecule has 5 heteroatoms. The number of carbonyl (C=O) groups is 1. The molecule has 1 aromatic carbocycles. The molecule has 0 aliphatic heterocycles. The lowest BCUT2D eigenvalue weighted by atomic mass is 10.3. The normalized spacial score (nSPS) is 9.64. The summed E-state index contributed by atoms with van der Waals surface area (Å²) in [6.07, 6.45) is 0.234. The van der Waals surface area contributed by atoms with E-state index in [-0.39, 0.29) is 17.2 Å². The van der Waals surface area contributed by atoms with Gasteiger partial charge in [0.15, 0.2) is 5.75 Å². The maximum Gasteiger partial charge on any atom is 0.355 e. The molecule has 0 saturated carbocycles. The largest absolute Gasteiger partial charge is 0.355 e. The third kappa shape index (κ3) is 2.79. The fourth-order valence-electron chi connectivity index (χ4n) is 0.699. The molecule has 0 spiro atoms. The van der Waals surface area contributed by atoms with Gasteiger partial charge in [0.2, 0.25) is 0 Å². The zero-order valence-electron chi connectivity index (χ0n) is 7.42. The Morgan fingerprint density at radius 3 is 2.79 bits per heavy atom. The second-order valence-corrected chi connectivity index (χ2v) is 3.23. The molecule has 76 valence electrons. The smallest absolute Gasteiger partial charge is 0.285 e. The van der Waals surface area contributed by atoms with Crippen molar-refractivity contribution in [1.29, 1.82) is 0 Å². The van der Waals surface area contributed by atoms with Gasteiger partial charge in [0.05, 0.1) is 5.02 Å². The van der Waals surface area contributed by atoms with E-state index in [1.54, 1.807) is 25.1 Å². The number of hydrogen-bond acceptors (Lipinski definition) is 3. The van der Waals surface area contributed by atoms with Crippen LogP contribution in [0.25, 0.3) is 0 Å². The maximum atomic E-state index is 10.8. The van der Waals surface area contributed by atoms with Crippen molar-refractivity contribution in [1.82, 2.24) is 0 Å². The summed E-state index contributed by atoms with van der Waals surface area (Å²) in [5.41, 5.74) is 0. The van der Waals surface area contributed by atoms with E-state index in [0.717, 1.165) is 0 Å². The molecule has 0 amide bonds. The second kappa shape index (κ2) is 5.08. The van der Waals surface area contributed by atoms with E-state index >= 15 is 0 Å². The molecule has 0 radical (unpaired) electrons. The van der Waals surface area contributed by atoms with Crippen LogP contribution in [0.1, 0.15) is 13.3 Å². The first-order chi connectivity index (χ1) is 6.65. The van der Waals surface area contributed by atoms with Crippen LogP contribution in [-0.4, -0.2) is 5.97 Å². The average Bonchev–Trinajstić information content (AvgIpc) is 2.20. The Hall–Kier alpha value is -0.930. The third-order valence-electron chi connectivity index (χ3n) is 1.43. The van der Waals surface area contributed by atoms with Crippen LogP contribution in [0.5, 0.6) is 5.75 Å². The van der Waals surface area contributed by atoms with Crippen molar-refractivity contribution >= 4 is 29.2 Å². The highest BCUT2D eigenvalue weighted by atomic mass is 35.5. The van der Waals surface area contributed by atoms with Gasteiger partial charge >= 0.3 is 5.97 Å². The zero-order valence-corrected chi connectivity index (χ0v) is 8.93. The number of rotatable bonds is 3. The van der Waals surface area contributed by atoms with Crippen LogP contribution in [-0.2, 0) is 9.68 Å². The summed E-state index contributed by atoms with van der Waals surface area (Å²) >= 11 is 11.5. The van der Waals surface area contributed by atoms with Gasteiger partial charge in [0.1, 0.15) is 5.02 Å². The summed E-state index contributed by atoms with van der Waals surface area (Å²) in [4.78, 5) is 19.9. The number of benzene rings is 1. The summed E-state index contributed by atoms with van der Waals surface area (Å²) in [6.45, 7) is 1.66. The highest BCUT2D eigenvalue weighted by Gasteiger charge is 2.08. The van der Waals surface area contributed by atoms with Crippen LogP contribution in [0.15, 0.2) is 18.2 Å². The fraction of sp³-hybridized carbons (Fsp3) is 0.222. The molecule has 1 rings (SSSR count). The molecule has 0 unspecified atom stereocenters. The van der Waals surface area contributed by atoms with Crippen molar-refractivity contribution in [3.8, 4) is 5.75 Å². The fourth-order valence-corrected chi connectivity index (χ4v) is 1.02. The van der Waals surface area contributed by atoms with Crippen LogP contribution in [0.3, 0.4) is 0 Å². The molecule has 0 aliphatic rings. The first-order valence-corrected chi connectivity index (χ1v) is 4.72. The van der Waals surface area contributed by atoms with Crippen molar-refractivity contribution in [2.24, 2.45) is 0 Å². The number of halogens is 2. The van der Waals surface area contributed by atoms with Gasteiger partial charge in [-0.3, -0.25) is 9.78 Å². The Balaban J connectivity index is 2.68. The number of hydrogen-bond donors (Lipinski definition) is 0. The number of carbonyl (C=O) groups excluding carboxylic acids is 1. The van der Waals surface area contributed by atoms with Crippen molar-refractivity contribution in [3.05, 3.63) is 28.2 Å². The Bertz CT molecular complexity index is 339. The first-order valence-electron chi connectivity index (χ1n) is 3.96. The van der Waals surface area contributed by atoms with Crippen LogP contribution >= 0.6 is 23.2 Å². The predicted octanol–water partition coefficient (Wildman–Crippen LogP) is 3.24. The van der Waals surface area contributed by atoms with Crippen LogP contribution < -0.4 is 4.89 Å². The Kier molecular flexibility index (Phi) is 4.04. The summed E-state index contributed by atoms with van der Waals surface area (Å²) < 4.78 is 0. The summed E-state index contributed by atoms with van der Waals surface area (Å²) in [5.74, 6) is -0.248. The molecule has 14 heavy (non-hydrogen) atoms. The van der Waals surface area contributed by atoms with Gasteiger partial charge in [-0.2, -0.15) is 0 Å². The minimum absolute atomic E-state index is 0.220. The Morgan fingerprint density at radius 2 is 2.14 bits per heavy atom. The molecular weight excluding hydrogens is 227 g/mol. The summed E-state index contributed by atoms with van der Waals surface area (Å²) in [5, 5.41) is 0.565. The third-order valence-corrected chi connectivity index (χ3v) is 2.23. The van der Waals surface area contributed by atoms with E-state index in [1.165, 1.54) is 0 Å². The monoisotopic (exact) mass is 234 g/mol. The van der Waals surface area contributed by atoms with Gasteiger partial charge in [0.25, 0.3) is 0 Å². The van der Waals surface area contributed by atoms with E-state index in [4.69, 9.17) is 28.1 Å². The quantitative estimate of drug-likeness (QED) is 0.595. The van der Waals surface area contributed by atoms with Gasteiger partial charge in [-0.1, -0.05) is 36.2 Å². The molecule has 0 aromatic heterocycles. The molecule has 0 fully saturated rings. The topological polar surface area (TPSA) is 35.5 Å². The minimum atomic E-state index is -0.471. The van der Waals surface area contributed by atoms with Gasteiger partial charge in [-0.15, -0.1) is 0 Å². The lowest BCUT2D eigenvalue weighted by molar-refractivity contribution is -0.213. The predicted molar refractivity (Wildman–Crippen MR) is 53.5 cm³/mol. The van der Waals surface area contributed by atoms with Crippen molar-refractivity contribution < 1.29 is 14.6 Å². The molecule has 0 N–H and O–H groups in total. The SMILES string of the molecule is CCC(=O)OOc1cccc(Cl)c1Cl. The Morgan fingerprint density at radius 1 is 1.43 bits per heavy atom. The van der Waals surface area contributed by atoms with E-state index < -0.39 is 5.97 Å². The summed E-state index contributed by atoms with van der Waals surface area (Å²) in [6, 6.07) is 4.80. The molecule has 0 atom stereocenters. The van der Waals surface area contributed by atoms with Gasteiger partial charge < -0.3 is 0 Å². The average molecular weight is 235 g/mol. The van der Waals surface area contributed by atoms with E-state index in [1.807, 2.05) is 0 Å². The van der Waals surface area contributed by atoms with Crippen LogP contribution in [0, 0.1) is 0 Å². The lowest BCUT2D eigenvalue weighted by Crippen LogP contribution is -2.06. The molecular formula is C9H8Cl2O3.